The molecule has 44 valence electrons. The molecular formula is C5H3ClIMgN. The molecule has 0 fully saturated rings. The monoisotopic (exact) mass is 263 g/mol. The van der Waals surface area contributed by atoms with Crippen LogP contribution in [0.15, 0.2) is 18.3 Å². The van der Waals surface area contributed by atoms with Crippen molar-refractivity contribution in [2.45, 2.75) is 0 Å². The third kappa shape index (κ3) is 5.38. The van der Waals surface area contributed by atoms with E-state index >= 15 is 0 Å². The maximum Gasteiger partial charge on any atom is 2.00 e. The van der Waals surface area contributed by atoms with E-state index in [4.69, 9.17) is 11.6 Å². The van der Waals surface area contributed by atoms with Crippen LogP contribution >= 0.6 is 11.6 Å². The van der Waals surface area contributed by atoms with E-state index < -0.39 is 0 Å². The summed E-state index contributed by atoms with van der Waals surface area (Å²) in [4.78, 5) is 3.69. The van der Waals surface area contributed by atoms with Gasteiger partial charge >= 0.3 is 23.1 Å². The van der Waals surface area contributed by atoms with Crippen molar-refractivity contribution in [2.24, 2.45) is 0 Å². The van der Waals surface area contributed by atoms with Gasteiger partial charge in [-0.05, 0) is 0 Å². The van der Waals surface area contributed by atoms with Gasteiger partial charge in [-0.2, -0.15) is 6.07 Å². The van der Waals surface area contributed by atoms with Crippen LogP contribution in [0.4, 0.5) is 0 Å². The van der Waals surface area contributed by atoms with E-state index in [1.165, 1.54) is 6.20 Å². The molecule has 1 rings (SSSR count). The molecule has 1 nitrogen and oxygen atoms in total. The minimum Gasteiger partial charge on any atom is -1.00 e. The first-order chi connectivity index (χ1) is 3.39. The molecule has 0 bridgehead atoms. The van der Waals surface area contributed by atoms with Crippen LogP contribution in [0.1, 0.15) is 0 Å². The maximum atomic E-state index is 5.41. The first-order valence-corrected chi connectivity index (χ1v) is 2.25. The molecule has 0 amide bonds. The molecule has 1 heterocycles. The molecule has 0 saturated heterocycles. The summed E-state index contributed by atoms with van der Waals surface area (Å²) in [6.45, 7) is 0. The smallest absolute Gasteiger partial charge is 1.00 e. The van der Waals surface area contributed by atoms with Crippen molar-refractivity contribution in [3.8, 4) is 0 Å². The summed E-state index contributed by atoms with van der Waals surface area (Å²) in [5.74, 6) is 0. The molecule has 9 heavy (non-hydrogen) atoms. The Labute approximate surface area is 92.4 Å². The Hall–Kier alpha value is 0.936. The summed E-state index contributed by atoms with van der Waals surface area (Å²) in [6, 6.07) is 6.14. The SMILES string of the molecule is Clc1cc[c-]cn1.[I-].[Mg+2]. The Bertz CT molecular complexity index is 147. The largest absolute Gasteiger partial charge is 2.00 e. The molecule has 1 aromatic heterocycles. The maximum absolute atomic E-state index is 5.41. The molecule has 1 aromatic rings. The van der Waals surface area contributed by atoms with Gasteiger partial charge in [0, 0.05) is 5.15 Å². The van der Waals surface area contributed by atoms with Crippen molar-refractivity contribution >= 4 is 34.7 Å². The van der Waals surface area contributed by atoms with Gasteiger partial charge in [0.15, 0.2) is 0 Å². The van der Waals surface area contributed by atoms with E-state index in [1.807, 2.05) is 0 Å². The molecule has 0 aliphatic rings. The van der Waals surface area contributed by atoms with Crippen LogP contribution in [0, 0.1) is 6.07 Å². The van der Waals surface area contributed by atoms with Crippen LogP contribution < -0.4 is 24.0 Å². The molecule has 0 atom stereocenters. The molecule has 0 N–H and O–H groups in total. The van der Waals surface area contributed by atoms with Crippen molar-refractivity contribution in [3.63, 3.8) is 0 Å². The van der Waals surface area contributed by atoms with Gasteiger partial charge in [0.05, 0.1) is 0 Å². The van der Waals surface area contributed by atoms with E-state index in [1.54, 1.807) is 12.1 Å². The number of pyridine rings is 1. The predicted octanol–water partition coefficient (Wildman–Crippen LogP) is -1.84. The van der Waals surface area contributed by atoms with Gasteiger partial charge in [-0.1, -0.05) is 17.8 Å². The van der Waals surface area contributed by atoms with E-state index in [0.717, 1.165) is 0 Å². The molecular weight excluding hydrogens is 261 g/mol. The second-order valence-corrected chi connectivity index (χ2v) is 1.47. The molecule has 0 spiro atoms. The number of rotatable bonds is 0. The zero-order valence-corrected chi connectivity index (χ0v) is 8.97. The normalized spacial score (nSPS) is 6.78. The minimum absolute atomic E-state index is 0. The van der Waals surface area contributed by atoms with Gasteiger partial charge in [0.2, 0.25) is 0 Å². The Kier molecular flexibility index (Phi) is 9.87. The fraction of sp³-hybridized carbons (Fsp3) is 0. The average Bonchev–Trinajstić information content (AvgIpc) is 1.69. The molecule has 0 aliphatic heterocycles. The van der Waals surface area contributed by atoms with Gasteiger partial charge < -0.3 is 24.0 Å². The fourth-order valence-electron chi connectivity index (χ4n) is 0.302. The third-order valence-electron chi connectivity index (χ3n) is 0.580. The van der Waals surface area contributed by atoms with Gasteiger partial charge in [-0.15, -0.1) is 0 Å². The Balaban J connectivity index is 0. The first kappa shape index (κ1) is 12.6. The zero-order chi connectivity index (χ0) is 5.11. The van der Waals surface area contributed by atoms with Gasteiger partial charge in [-0.25, -0.2) is 12.1 Å². The second kappa shape index (κ2) is 7.05. The minimum atomic E-state index is 0. The first-order valence-electron chi connectivity index (χ1n) is 1.87. The van der Waals surface area contributed by atoms with Gasteiger partial charge in [-0.3, -0.25) is 4.98 Å². The number of hydrogen-bond donors (Lipinski definition) is 0. The van der Waals surface area contributed by atoms with E-state index in [-0.39, 0.29) is 47.0 Å². The topological polar surface area (TPSA) is 12.9 Å². The van der Waals surface area contributed by atoms with Gasteiger partial charge in [0.25, 0.3) is 0 Å². The van der Waals surface area contributed by atoms with Crippen LogP contribution in [-0.4, -0.2) is 28.0 Å². The summed E-state index contributed by atoms with van der Waals surface area (Å²) >= 11 is 5.41. The molecule has 0 radical (unpaired) electrons. The molecule has 0 aliphatic carbocycles. The second-order valence-electron chi connectivity index (χ2n) is 1.08. The van der Waals surface area contributed by atoms with Crippen LogP contribution in [0.5, 0.6) is 0 Å². The summed E-state index contributed by atoms with van der Waals surface area (Å²) in [6.07, 6.45) is 1.53. The van der Waals surface area contributed by atoms with Gasteiger partial charge in [0.1, 0.15) is 0 Å². The van der Waals surface area contributed by atoms with E-state index in [2.05, 4.69) is 11.1 Å². The van der Waals surface area contributed by atoms with Crippen LogP contribution in [-0.2, 0) is 0 Å². The summed E-state index contributed by atoms with van der Waals surface area (Å²) < 4.78 is 0. The summed E-state index contributed by atoms with van der Waals surface area (Å²) in [7, 11) is 0. The quantitative estimate of drug-likeness (QED) is 0.232. The summed E-state index contributed by atoms with van der Waals surface area (Å²) in [5.41, 5.74) is 0. The molecule has 4 heteroatoms. The fourth-order valence-corrected chi connectivity index (χ4v) is 0.414. The van der Waals surface area contributed by atoms with Crippen LogP contribution in [0.25, 0.3) is 0 Å². The van der Waals surface area contributed by atoms with E-state index in [0.29, 0.717) is 5.15 Å². The number of hydrogen-bond acceptors (Lipinski definition) is 1. The number of aromatic nitrogens is 1. The standard InChI is InChI=1S/C5H3ClN.HI.Mg/c6-5-3-1-2-4-7-5;;/h1,3-4H;1H;/q-1;;+2/p-1. The zero-order valence-electron chi connectivity index (χ0n) is 4.64. The molecule has 0 aromatic carbocycles. The Morgan fingerprint density at radius 3 is 2.44 bits per heavy atom. The van der Waals surface area contributed by atoms with Crippen molar-refractivity contribution in [3.05, 3.63) is 29.5 Å². The number of halogens is 2. The van der Waals surface area contributed by atoms with Crippen molar-refractivity contribution in [2.75, 3.05) is 0 Å². The average molecular weight is 264 g/mol. The Morgan fingerprint density at radius 1 is 1.56 bits per heavy atom. The number of nitrogens with zero attached hydrogens (tertiary/aromatic N) is 1. The van der Waals surface area contributed by atoms with E-state index in [9.17, 15) is 0 Å². The molecule has 0 unspecified atom stereocenters. The third-order valence-corrected chi connectivity index (χ3v) is 0.803. The van der Waals surface area contributed by atoms with Crippen molar-refractivity contribution < 1.29 is 24.0 Å². The Morgan fingerprint density at radius 2 is 2.22 bits per heavy atom. The van der Waals surface area contributed by atoms with Crippen molar-refractivity contribution in [1.82, 2.24) is 4.98 Å². The molecule has 0 saturated carbocycles. The summed E-state index contributed by atoms with van der Waals surface area (Å²) in [5, 5.41) is 0.513. The van der Waals surface area contributed by atoms with Crippen LogP contribution in [0.2, 0.25) is 5.15 Å². The van der Waals surface area contributed by atoms with Crippen molar-refractivity contribution in [1.29, 1.82) is 0 Å². The predicted molar refractivity (Wildman–Crippen MR) is 33.8 cm³/mol. The van der Waals surface area contributed by atoms with Crippen LogP contribution in [0.3, 0.4) is 0 Å².